The molecule has 0 spiro atoms. The molecule has 0 radical (unpaired) electrons. The average Bonchev–Trinajstić information content (AvgIpc) is 2.60. The Morgan fingerprint density at radius 3 is 2.09 bits per heavy atom. The van der Waals surface area contributed by atoms with Crippen molar-refractivity contribution in [2.24, 2.45) is 4.99 Å². The van der Waals surface area contributed by atoms with Gasteiger partial charge in [-0.1, -0.05) is 69.3 Å². The highest BCUT2D eigenvalue weighted by Crippen LogP contribution is 2.22. The molecule has 1 nitrogen and oxygen atoms in total. The van der Waals surface area contributed by atoms with Gasteiger partial charge in [0.05, 0.1) is 5.69 Å². The van der Waals surface area contributed by atoms with Crippen LogP contribution in [-0.2, 0) is 6.42 Å². The Balaban J connectivity index is 0.000000414. The molecule has 0 saturated carbocycles. The molecule has 0 unspecified atom stereocenters. The minimum absolute atomic E-state index is 1.03. The summed E-state index contributed by atoms with van der Waals surface area (Å²) in [5.74, 6) is 0. The fourth-order valence-electron chi connectivity index (χ4n) is 1.92. The molecule has 2 aromatic carbocycles. The molecule has 0 aromatic heterocycles. The van der Waals surface area contributed by atoms with E-state index in [1.807, 2.05) is 46.0 Å². The molecular formula is C22H31N. The smallest absolute Gasteiger partial charge is 0.0655 e. The molecule has 124 valence electrons. The molecule has 0 atom stereocenters. The van der Waals surface area contributed by atoms with Crippen molar-refractivity contribution in [3.8, 4) is 0 Å². The Morgan fingerprint density at radius 1 is 1.09 bits per heavy atom. The second-order valence-corrected chi connectivity index (χ2v) is 5.01. The van der Waals surface area contributed by atoms with Gasteiger partial charge in [0.2, 0.25) is 0 Å². The number of nitrogens with zero attached hydrogens (tertiary/aromatic N) is 1. The van der Waals surface area contributed by atoms with Crippen LogP contribution in [0.3, 0.4) is 0 Å². The highest BCUT2D eigenvalue weighted by atomic mass is 14.7. The molecule has 0 aliphatic rings. The third-order valence-electron chi connectivity index (χ3n) is 3.21. The SMILES string of the molecule is C=C(C)c1ccc(N=CC)c(C)c1.CC.CCc1ccccc1. The van der Waals surface area contributed by atoms with Crippen LogP contribution in [0.25, 0.3) is 5.57 Å². The van der Waals surface area contributed by atoms with Gasteiger partial charge in [0.1, 0.15) is 0 Å². The first-order valence-electron chi connectivity index (χ1n) is 8.37. The predicted octanol–water partition coefficient (Wildman–Crippen LogP) is 7.03. The zero-order valence-corrected chi connectivity index (χ0v) is 15.6. The fourth-order valence-corrected chi connectivity index (χ4v) is 1.92. The van der Waals surface area contributed by atoms with Crippen molar-refractivity contribution < 1.29 is 0 Å². The Morgan fingerprint density at radius 2 is 1.70 bits per heavy atom. The third-order valence-corrected chi connectivity index (χ3v) is 3.21. The quantitative estimate of drug-likeness (QED) is 0.540. The van der Waals surface area contributed by atoms with Gasteiger partial charge < -0.3 is 0 Å². The largest absolute Gasteiger partial charge is 0.261 e. The van der Waals surface area contributed by atoms with Gasteiger partial charge >= 0.3 is 0 Å². The zero-order chi connectivity index (χ0) is 17.7. The molecule has 2 rings (SSSR count). The van der Waals surface area contributed by atoms with E-state index in [0.29, 0.717) is 0 Å². The number of hydrogen-bond acceptors (Lipinski definition) is 1. The number of hydrogen-bond donors (Lipinski definition) is 0. The first kappa shape index (κ1) is 20.9. The van der Waals surface area contributed by atoms with E-state index in [9.17, 15) is 0 Å². The molecule has 0 aliphatic carbocycles. The maximum absolute atomic E-state index is 4.25. The molecule has 0 amide bonds. The van der Waals surface area contributed by atoms with Gasteiger partial charge in [0, 0.05) is 6.21 Å². The van der Waals surface area contributed by atoms with E-state index < -0.39 is 0 Å². The molecule has 0 saturated heterocycles. The van der Waals surface area contributed by atoms with Crippen LogP contribution in [0.15, 0.2) is 60.1 Å². The summed E-state index contributed by atoms with van der Waals surface area (Å²) in [5, 5.41) is 0. The first-order chi connectivity index (χ1) is 11.1. The lowest BCUT2D eigenvalue weighted by molar-refractivity contribution is 1.14. The van der Waals surface area contributed by atoms with Crippen LogP contribution in [-0.4, -0.2) is 6.21 Å². The third kappa shape index (κ3) is 8.15. The van der Waals surface area contributed by atoms with Gasteiger partial charge in [0.25, 0.3) is 0 Å². The maximum Gasteiger partial charge on any atom is 0.0655 e. The monoisotopic (exact) mass is 309 g/mol. The minimum Gasteiger partial charge on any atom is -0.261 e. The van der Waals surface area contributed by atoms with E-state index >= 15 is 0 Å². The van der Waals surface area contributed by atoms with Crippen molar-refractivity contribution in [1.29, 1.82) is 0 Å². The summed E-state index contributed by atoms with van der Waals surface area (Å²) >= 11 is 0. The van der Waals surface area contributed by atoms with Gasteiger partial charge in [-0.05, 0) is 56.0 Å². The maximum atomic E-state index is 4.25. The Labute approximate surface area is 142 Å². The minimum atomic E-state index is 1.03. The van der Waals surface area contributed by atoms with Crippen LogP contribution in [0.1, 0.15) is 51.3 Å². The van der Waals surface area contributed by atoms with Crippen LogP contribution in [0.5, 0.6) is 0 Å². The van der Waals surface area contributed by atoms with Gasteiger partial charge in [-0.25, -0.2) is 0 Å². The van der Waals surface area contributed by atoms with Crippen LogP contribution in [0.2, 0.25) is 0 Å². The van der Waals surface area contributed by atoms with E-state index in [4.69, 9.17) is 0 Å². The van der Waals surface area contributed by atoms with E-state index in [1.54, 1.807) is 0 Å². The summed E-state index contributed by atoms with van der Waals surface area (Å²) in [4.78, 5) is 4.25. The fraction of sp³-hybridized carbons (Fsp3) is 0.318. The highest BCUT2D eigenvalue weighted by Gasteiger charge is 1.97. The molecule has 0 bridgehead atoms. The summed E-state index contributed by atoms with van der Waals surface area (Å²) in [5.41, 5.74) is 5.92. The second-order valence-electron chi connectivity index (χ2n) is 5.01. The van der Waals surface area contributed by atoms with Crippen molar-refractivity contribution >= 4 is 17.5 Å². The summed E-state index contributed by atoms with van der Waals surface area (Å²) in [6, 6.07) is 16.7. The predicted molar refractivity (Wildman–Crippen MR) is 107 cm³/mol. The van der Waals surface area contributed by atoms with E-state index in [2.05, 4.69) is 61.8 Å². The molecule has 0 heterocycles. The molecule has 0 aliphatic heterocycles. The second kappa shape index (κ2) is 12.4. The summed E-state index contributed by atoms with van der Waals surface area (Å²) in [6.45, 7) is 16.1. The Hall–Kier alpha value is -2.15. The lowest BCUT2D eigenvalue weighted by Gasteiger charge is -2.03. The zero-order valence-electron chi connectivity index (χ0n) is 15.6. The van der Waals surface area contributed by atoms with Gasteiger partial charge in [-0.15, -0.1) is 0 Å². The number of aryl methyl sites for hydroxylation is 2. The van der Waals surface area contributed by atoms with Crippen LogP contribution < -0.4 is 0 Å². The van der Waals surface area contributed by atoms with Crippen LogP contribution in [0, 0.1) is 6.92 Å². The number of benzene rings is 2. The van der Waals surface area contributed by atoms with E-state index in [0.717, 1.165) is 17.7 Å². The first-order valence-corrected chi connectivity index (χ1v) is 8.37. The highest BCUT2D eigenvalue weighted by molar-refractivity contribution is 5.67. The van der Waals surface area contributed by atoms with Crippen LogP contribution >= 0.6 is 0 Å². The summed E-state index contributed by atoms with van der Waals surface area (Å²) in [7, 11) is 0. The summed E-state index contributed by atoms with van der Waals surface area (Å²) < 4.78 is 0. The molecular weight excluding hydrogens is 278 g/mol. The topological polar surface area (TPSA) is 12.4 Å². The lowest BCUT2D eigenvalue weighted by Crippen LogP contribution is -1.81. The number of allylic oxidation sites excluding steroid dienone is 1. The molecule has 23 heavy (non-hydrogen) atoms. The normalized spacial score (nSPS) is 9.48. The molecule has 1 heteroatoms. The van der Waals surface area contributed by atoms with Crippen molar-refractivity contribution in [3.05, 3.63) is 71.8 Å². The summed E-state index contributed by atoms with van der Waals surface area (Å²) in [6.07, 6.45) is 2.95. The standard InChI is InChI=1S/C12H15N.C8H10.C2H6/c1-5-13-12-7-6-11(9(2)3)8-10(12)4;1-2-8-6-4-3-5-7-8;1-2/h5-8H,2H2,1,3-4H3;3-7H,2H2,1H3;1-2H3. The number of aliphatic imine (C=N–C) groups is 1. The van der Waals surface area contributed by atoms with Crippen molar-refractivity contribution in [1.82, 2.24) is 0 Å². The molecule has 0 N–H and O–H groups in total. The number of rotatable bonds is 3. The van der Waals surface area contributed by atoms with Gasteiger partial charge in [-0.3, -0.25) is 4.99 Å². The van der Waals surface area contributed by atoms with Gasteiger partial charge in [-0.2, -0.15) is 0 Å². The van der Waals surface area contributed by atoms with E-state index in [-0.39, 0.29) is 0 Å². The Bertz CT molecular complexity index is 595. The van der Waals surface area contributed by atoms with Crippen molar-refractivity contribution in [3.63, 3.8) is 0 Å². The van der Waals surface area contributed by atoms with Crippen molar-refractivity contribution in [2.75, 3.05) is 0 Å². The Kier molecular flexibility index (Phi) is 11.2. The van der Waals surface area contributed by atoms with E-state index in [1.165, 1.54) is 16.7 Å². The molecule has 2 aromatic rings. The van der Waals surface area contributed by atoms with Crippen LogP contribution in [0.4, 0.5) is 5.69 Å². The van der Waals surface area contributed by atoms with Crippen molar-refractivity contribution in [2.45, 2.75) is 48.0 Å². The molecule has 0 fully saturated rings. The average molecular weight is 309 g/mol. The lowest BCUT2D eigenvalue weighted by atomic mass is 10.1. The van der Waals surface area contributed by atoms with Gasteiger partial charge in [0.15, 0.2) is 0 Å².